The molecule has 2 aromatic rings. The molecular formula is C15H16Cl2N2O2. The number of anilines is 1. The van der Waals surface area contributed by atoms with E-state index in [-0.39, 0.29) is 0 Å². The van der Waals surface area contributed by atoms with Gasteiger partial charge in [-0.25, -0.2) is 4.98 Å². The van der Waals surface area contributed by atoms with Crippen LogP contribution in [-0.2, 0) is 6.54 Å². The third kappa shape index (κ3) is 3.93. The molecule has 0 atom stereocenters. The molecule has 2 rings (SSSR count). The second-order valence-corrected chi connectivity index (χ2v) is 5.25. The normalized spacial score (nSPS) is 10.3. The number of nitrogens with zero attached hydrogens (tertiary/aromatic N) is 1. The van der Waals surface area contributed by atoms with Gasteiger partial charge in [0.25, 0.3) is 0 Å². The van der Waals surface area contributed by atoms with Gasteiger partial charge in [0.1, 0.15) is 16.7 Å². The average molecular weight is 327 g/mol. The van der Waals surface area contributed by atoms with Crippen molar-refractivity contribution in [1.29, 1.82) is 0 Å². The molecule has 0 aliphatic heterocycles. The van der Waals surface area contributed by atoms with Crippen LogP contribution in [0.1, 0.15) is 11.1 Å². The van der Waals surface area contributed by atoms with Crippen molar-refractivity contribution >= 4 is 28.9 Å². The Kier molecular flexibility index (Phi) is 5.15. The maximum absolute atomic E-state index is 6.11. The quantitative estimate of drug-likeness (QED) is 0.830. The van der Waals surface area contributed by atoms with Gasteiger partial charge in [0.15, 0.2) is 5.15 Å². The number of aryl methyl sites for hydroxylation is 1. The molecule has 0 radical (unpaired) electrons. The minimum absolute atomic E-state index is 0.356. The average Bonchev–Trinajstić information content (AvgIpc) is 2.45. The van der Waals surface area contributed by atoms with Gasteiger partial charge >= 0.3 is 0 Å². The molecular weight excluding hydrogens is 311 g/mol. The smallest absolute Gasteiger partial charge is 0.154 e. The Hall–Kier alpha value is -1.65. The summed E-state index contributed by atoms with van der Waals surface area (Å²) in [7, 11) is 3.24. The Morgan fingerprint density at radius 3 is 2.19 bits per heavy atom. The zero-order valence-corrected chi connectivity index (χ0v) is 13.5. The first-order chi connectivity index (χ1) is 10.0. The summed E-state index contributed by atoms with van der Waals surface area (Å²) in [4.78, 5) is 4.03. The molecule has 6 heteroatoms. The fourth-order valence-corrected chi connectivity index (χ4v) is 2.57. The Bertz CT molecular complexity index is 602. The Morgan fingerprint density at radius 2 is 1.67 bits per heavy atom. The highest BCUT2D eigenvalue weighted by Gasteiger charge is 2.08. The van der Waals surface area contributed by atoms with Crippen LogP contribution in [0.2, 0.25) is 10.3 Å². The summed E-state index contributed by atoms with van der Waals surface area (Å²) in [5.41, 5.74) is 2.72. The third-order valence-electron chi connectivity index (χ3n) is 3.02. The molecule has 0 saturated carbocycles. The molecule has 0 aliphatic carbocycles. The summed E-state index contributed by atoms with van der Waals surface area (Å²) in [6.07, 6.45) is 0. The lowest BCUT2D eigenvalue weighted by Gasteiger charge is -2.13. The largest absolute Gasteiger partial charge is 0.497 e. The minimum Gasteiger partial charge on any atom is -0.497 e. The van der Waals surface area contributed by atoms with Gasteiger partial charge in [-0.2, -0.15) is 0 Å². The van der Waals surface area contributed by atoms with Crippen LogP contribution in [0.25, 0.3) is 0 Å². The molecule has 0 unspecified atom stereocenters. The molecule has 112 valence electrons. The van der Waals surface area contributed by atoms with Crippen molar-refractivity contribution < 1.29 is 9.47 Å². The van der Waals surface area contributed by atoms with Crippen molar-refractivity contribution in [3.63, 3.8) is 0 Å². The molecule has 1 N–H and O–H groups in total. The molecule has 1 aromatic heterocycles. The van der Waals surface area contributed by atoms with E-state index >= 15 is 0 Å². The van der Waals surface area contributed by atoms with Crippen molar-refractivity contribution in [3.8, 4) is 11.5 Å². The summed E-state index contributed by atoms with van der Waals surface area (Å²) in [5.74, 6) is 1.48. The van der Waals surface area contributed by atoms with E-state index in [1.807, 2.05) is 25.1 Å². The molecule has 1 heterocycles. The van der Waals surface area contributed by atoms with E-state index in [1.165, 1.54) is 0 Å². The number of hydrogen-bond acceptors (Lipinski definition) is 4. The fourth-order valence-electron chi connectivity index (χ4n) is 1.97. The number of benzene rings is 1. The van der Waals surface area contributed by atoms with Gasteiger partial charge in [0.05, 0.1) is 19.9 Å². The molecule has 0 saturated heterocycles. The van der Waals surface area contributed by atoms with Crippen LogP contribution in [0, 0.1) is 6.92 Å². The van der Waals surface area contributed by atoms with Crippen LogP contribution in [0.3, 0.4) is 0 Å². The first-order valence-corrected chi connectivity index (χ1v) is 7.07. The van der Waals surface area contributed by atoms with Gasteiger partial charge in [0.2, 0.25) is 0 Å². The third-order valence-corrected chi connectivity index (χ3v) is 3.49. The Labute approximate surface area is 134 Å². The van der Waals surface area contributed by atoms with E-state index in [0.717, 1.165) is 28.3 Å². The van der Waals surface area contributed by atoms with Crippen LogP contribution in [0.15, 0.2) is 24.3 Å². The van der Waals surface area contributed by atoms with E-state index in [0.29, 0.717) is 16.9 Å². The maximum atomic E-state index is 6.11. The topological polar surface area (TPSA) is 43.4 Å². The summed E-state index contributed by atoms with van der Waals surface area (Å²) in [5, 5.41) is 4.00. The molecule has 0 amide bonds. The minimum atomic E-state index is 0.356. The van der Waals surface area contributed by atoms with Gasteiger partial charge in [-0.1, -0.05) is 23.2 Å². The summed E-state index contributed by atoms with van der Waals surface area (Å²) < 4.78 is 10.5. The molecule has 0 bridgehead atoms. The van der Waals surface area contributed by atoms with E-state index in [9.17, 15) is 0 Å². The standard InChI is InChI=1S/C15H16Cl2N2O2/c1-9-4-13(16)19-15(17)14(9)18-8-10-5-11(20-2)7-12(6-10)21-3/h4-7,18H,8H2,1-3H3. The fraction of sp³-hybridized carbons (Fsp3) is 0.267. The van der Waals surface area contributed by atoms with E-state index in [1.54, 1.807) is 20.3 Å². The highest BCUT2D eigenvalue weighted by molar-refractivity contribution is 6.34. The van der Waals surface area contributed by atoms with Crippen molar-refractivity contribution in [2.75, 3.05) is 19.5 Å². The second kappa shape index (κ2) is 6.87. The summed E-state index contributed by atoms with van der Waals surface area (Å²) in [6, 6.07) is 7.46. The highest BCUT2D eigenvalue weighted by Crippen LogP contribution is 2.28. The monoisotopic (exact) mass is 326 g/mol. The second-order valence-electron chi connectivity index (χ2n) is 4.50. The first kappa shape index (κ1) is 15.7. The van der Waals surface area contributed by atoms with Gasteiger partial charge in [-0.3, -0.25) is 0 Å². The maximum Gasteiger partial charge on any atom is 0.154 e. The molecule has 0 aliphatic rings. The van der Waals surface area contributed by atoms with Gasteiger partial charge < -0.3 is 14.8 Å². The Balaban J connectivity index is 2.20. The van der Waals surface area contributed by atoms with E-state index in [4.69, 9.17) is 32.7 Å². The highest BCUT2D eigenvalue weighted by atomic mass is 35.5. The van der Waals surface area contributed by atoms with Crippen LogP contribution < -0.4 is 14.8 Å². The lowest BCUT2D eigenvalue weighted by Crippen LogP contribution is -2.03. The number of pyridine rings is 1. The van der Waals surface area contributed by atoms with Crippen LogP contribution in [0.5, 0.6) is 11.5 Å². The van der Waals surface area contributed by atoms with Gasteiger partial charge in [0, 0.05) is 12.6 Å². The van der Waals surface area contributed by atoms with Crippen molar-refractivity contribution in [3.05, 3.63) is 45.7 Å². The predicted octanol–water partition coefficient (Wildman–Crippen LogP) is 4.33. The molecule has 4 nitrogen and oxygen atoms in total. The van der Waals surface area contributed by atoms with Gasteiger partial charge in [-0.05, 0) is 36.2 Å². The van der Waals surface area contributed by atoms with Crippen molar-refractivity contribution in [1.82, 2.24) is 4.98 Å². The summed E-state index contributed by atoms with van der Waals surface area (Å²) >= 11 is 12.0. The predicted molar refractivity (Wildman–Crippen MR) is 85.9 cm³/mol. The first-order valence-electron chi connectivity index (χ1n) is 6.32. The summed E-state index contributed by atoms with van der Waals surface area (Å²) in [6.45, 7) is 2.49. The van der Waals surface area contributed by atoms with Crippen molar-refractivity contribution in [2.24, 2.45) is 0 Å². The number of ether oxygens (including phenoxy) is 2. The van der Waals surface area contributed by atoms with Crippen LogP contribution in [-0.4, -0.2) is 19.2 Å². The number of rotatable bonds is 5. The van der Waals surface area contributed by atoms with E-state index < -0.39 is 0 Å². The zero-order valence-electron chi connectivity index (χ0n) is 12.0. The molecule has 1 aromatic carbocycles. The molecule has 0 fully saturated rings. The van der Waals surface area contributed by atoms with Crippen LogP contribution in [0.4, 0.5) is 5.69 Å². The number of methoxy groups -OCH3 is 2. The lowest BCUT2D eigenvalue weighted by molar-refractivity contribution is 0.393. The molecule has 0 spiro atoms. The molecule has 21 heavy (non-hydrogen) atoms. The Morgan fingerprint density at radius 1 is 1.05 bits per heavy atom. The lowest BCUT2D eigenvalue weighted by atomic mass is 10.2. The SMILES string of the molecule is COc1cc(CNc2c(C)cc(Cl)nc2Cl)cc(OC)c1. The number of nitrogens with one attached hydrogen (secondary N) is 1. The van der Waals surface area contributed by atoms with E-state index in [2.05, 4.69) is 10.3 Å². The van der Waals surface area contributed by atoms with Gasteiger partial charge in [-0.15, -0.1) is 0 Å². The zero-order chi connectivity index (χ0) is 15.4. The number of halogens is 2. The number of hydrogen-bond donors (Lipinski definition) is 1. The number of aromatic nitrogens is 1. The van der Waals surface area contributed by atoms with Crippen LogP contribution >= 0.6 is 23.2 Å². The van der Waals surface area contributed by atoms with Crippen molar-refractivity contribution in [2.45, 2.75) is 13.5 Å².